The van der Waals surface area contributed by atoms with Gasteiger partial charge >= 0.3 is 0 Å². The zero-order valence-corrected chi connectivity index (χ0v) is 12.2. The highest BCUT2D eigenvalue weighted by Crippen LogP contribution is 2.16. The summed E-state index contributed by atoms with van der Waals surface area (Å²) in [6.45, 7) is 1.85. The number of hydrogen-bond acceptors (Lipinski definition) is 4. The van der Waals surface area contributed by atoms with Crippen molar-refractivity contribution in [2.75, 3.05) is 5.75 Å². The maximum Gasteiger partial charge on any atom is 0.208 e. The van der Waals surface area contributed by atoms with Gasteiger partial charge in [0.25, 0.3) is 0 Å². The molecule has 0 aliphatic heterocycles. The molecule has 1 aromatic heterocycles. The van der Waals surface area contributed by atoms with Gasteiger partial charge in [-0.05, 0) is 19.1 Å². The molecule has 0 aliphatic rings. The number of thioether (sulfide) groups is 1. The Labute approximate surface area is 118 Å². The Kier molecular flexibility index (Phi) is 4.54. The van der Waals surface area contributed by atoms with Crippen molar-refractivity contribution in [2.45, 2.75) is 18.5 Å². The number of nitrogens with zero attached hydrogens (tertiary/aromatic N) is 2. The number of carbonyl (C=O) groups excluding carboxylic acids is 1. The Morgan fingerprint density at radius 3 is 2.72 bits per heavy atom. The van der Waals surface area contributed by atoms with Crippen LogP contribution in [0.5, 0.6) is 0 Å². The number of aromatic nitrogens is 3. The number of rotatable bonds is 5. The molecule has 2 aromatic rings. The van der Waals surface area contributed by atoms with Gasteiger partial charge in [0.15, 0.2) is 5.78 Å². The molecule has 0 spiro atoms. The van der Waals surface area contributed by atoms with Gasteiger partial charge in [-0.1, -0.05) is 39.8 Å². The molecule has 0 bridgehead atoms. The van der Waals surface area contributed by atoms with Crippen molar-refractivity contribution in [2.24, 2.45) is 0 Å². The summed E-state index contributed by atoms with van der Waals surface area (Å²) in [6.07, 6.45) is 0.486. The van der Waals surface area contributed by atoms with Crippen molar-refractivity contribution in [3.63, 3.8) is 0 Å². The summed E-state index contributed by atoms with van der Waals surface area (Å²) in [5.74, 6) is 1.62. The Bertz CT molecular complexity index is 539. The molecule has 2 rings (SSSR count). The van der Waals surface area contributed by atoms with Crippen molar-refractivity contribution in [3.8, 4) is 0 Å². The van der Waals surface area contributed by atoms with Crippen LogP contribution < -0.4 is 0 Å². The number of aryl methyl sites for hydroxylation is 1. The van der Waals surface area contributed by atoms with Crippen LogP contribution in [0.2, 0.25) is 0 Å². The first kappa shape index (κ1) is 13.3. The number of carbonyl (C=O) groups is 1. The van der Waals surface area contributed by atoms with Gasteiger partial charge in [0, 0.05) is 22.2 Å². The molecule has 1 heterocycles. The zero-order chi connectivity index (χ0) is 13.0. The Morgan fingerprint density at radius 2 is 2.11 bits per heavy atom. The average Bonchev–Trinajstić information content (AvgIpc) is 2.76. The van der Waals surface area contributed by atoms with Crippen molar-refractivity contribution in [1.82, 2.24) is 15.2 Å². The maximum atomic E-state index is 11.9. The molecule has 4 nitrogen and oxygen atoms in total. The van der Waals surface area contributed by atoms with Crippen LogP contribution in [0.4, 0.5) is 0 Å². The summed E-state index contributed by atoms with van der Waals surface area (Å²) in [5.41, 5.74) is 0.741. The van der Waals surface area contributed by atoms with Crippen LogP contribution >= 0.6 is 27.7 Å². The molecule has 0 aliphatic carbocycles. The molecule has 0 saturated heterocycles. The van der Waals surface area contributed by atoms with Crippen LogP contribution in [0.15, 0.2) is 33.9 Å². The molecule has 0 atom stereocenters. The van der Waals surface area contributed by atoms with E-state index in [4.69, 9.17) is 0 Å². The SMILES string of the molecule is Cc1nc(SCCC(=O)c2ccc(Br)cc2)n[nH]1. The molecular formula is C12H12BrN3OS. The number of Topliss-reactive ketones (excluding diaryl/α,β-unsaturated/α-hetero) is 1. The molecular weight excluding hydrogens is 314 g/mol. The van der Waals surface area contributed by atoms with Gasteiger partial charge in [0.1, 0.15) is 5.82 Å². The summed E-state index contributed by atoms with van der Waals surface area (Å²) in [7, 11) is 0. The quantitative estimate of drug-likeness (QED) is 0.677. The fourth-order valence-electron chi connectivity index (χ4n) is 1.40. The van der Waals surface area contributed by atoms with Crippen molar-refractivity contribution in [3.05, 3.63) is 40.1 Å². The fourth-order valence-corrected chi connectivity index (χ4v) is 2.45. The first-order valence-electron chi connectivity index (χ1n) is 5.46. The standard InChI is InChI=1S/C12H12BrN3OS/c1-8-14-12(16-15-8)18-7-6-11(17)9-2-4-10(13)5-3-9/h2-5H,6-7H2,1H3,(H,14,15,16). The third-order valence-electron chi connectivity index (χ3n) is 2.30. The van der Waals surface area contributed by atoms with Gasteiger partial charge in [0.2, 0.25) is 5.16 Å². The third kappa shape index (κ3) is 3.68. The van der Waals surface area contributed by atoms with E-state index in [2.05, 4.69) is 31.1 Å². The Balaban J connectivity index is 1.83. The van der Waals surface area contributed by atoms with Gasteiger partial charge in [-0.15, -0.1) is 5.10 Å². The first-order chi connectivity index (χ1) is 8.65. The molecule has 0 saturated carbocycles. The van der Waals surface area contributed by atoms with Crippen LogP contribution in [0, 0.1) is 6.92 Å². The summed E-state index contributed by atoms with van der Waals surface area (Å²) >= 11 is 4.83. The number of H-pyrrole nitrogens is 1. The largest absolute Gasteiger partial charge is 0.294 e. The summed E-state index contributed by atoms with van der Waals surface area (Å²) in [5, 5.41) is 7.47. The second-order valence-electron chi connectivity index (χ2n) is 3.73. The predicted octanol–water partition coefficient (Wildman–Crippen LogP) is 3.24. The van der Waals surface area contributed by atoms with E-state index in [1.54, 1.807) is 0 Å². The molecule has 1 N–H and O–H groups in total. The number of hydrogen-bond donors (Lipinski definition) is 1. The van der Waals surface area contributed by atoms with Crippen molar-refractivity contribution >= 4 is 33.5 Å². The molecule has 94 valence electrons. The number of benzene rings is 1. The van der Waals surface area contributed by atoms with E-state index in [1.807, 2.05) is 31.2 Å². The van der Waals surface area contributed by atoms with Crippen LogP contribution in [-0.4, -0.2) is 26.7 Å². The van der Waals surface area contributed by atoms with Gasteiger partial charge < -0.3 is 0 Å². The van der Waals surface area contributed by atoms with Gasteiger partial charge in [-0.2, -0.15) is 0 Å². The Morgan fingerprint density at radius 1 is 1.39 bits per heavy atom. The minimum atomic E-state index is 0.141. The summed E-state index contributed by atoms with van der Waals surface area (Å²) < 4.78 is 0.977. The molecule has 6 heteroatoms. The van der Waals surface area contributed by atoms with E-state index in [1.165, 1.54) is 11.8 Å². The van der Waals surface area contributed by atoms with Crippen LogP contribution in [0.25, 0.3) is 0 Å². The van der Waals surface area contributed by atoms with Crippen molar-refractivity contribution in [1.29, 1.82) is 0 Å². The Hall–Kier alpha value is -1.14. The van der Waals surface area contributed by atoms with Crippen LogP contribution in [0.3, 0.4) is 0 Å². The lowest BCUT2D eigenvalue weighted by molar-refractivity contribution is 0.0989. The van der Waals surface area contributed by atoms with E-state index in [9.17, 15) is 4.79 Å². The average molecular weight is 326 g/mol. The zero-order valence-electron chi connectivity index (χ0n) is 9.81. The monoisotopic (exact) mass is 325 g/mol. The number of aromatic amines is 1. The second kappa shape index (κ2) is 6.15. The van der Waals surface area contributed by atoms with E-state index in [0.717, 1.165) is 15.9 Å². The lowest BCUT2D eigenvalue weighted by atomic mass is 10.1. The maximum absolute atomic E-state index is 11.9. The number of ketones is 1. The lowest BCUT2D eigenvalue weighted by Crippen LogP contribution is -2.00. The predicted molar refractivity (Wildman–Crippen MR) is 74.9 cm³/mol. The third-order valence-corrected chi connectivity index (χ3v) is 3.68. The fraction of sp³-hybridized carbons (Fsp3) is 0.250. The number of nitrogens with one attached hydrogen (secondary N) is 1. The molecule has 0 amide bonds. The van der Waals surface area contributed by atoms with E-state index < -0.39 is 0 Å². The highest BCUT2D eigenvalue weighted by molar-refractivity contribution is 9.10. The molecule has 0 fully saturated rings. The highest BCUT2D eigenvalue weighted by Gasteiger charge is 2.07. The van der Waals surface area contributed by atoms with Gasteiger partial charge in [-0.25, -0.2) is 4.98 Å². The first-order valence-corrected chi connectivity index (χ1v) is 7.23. The summed E-state index contributed by atoms with van der Waals surface area (Å²) in [6, 6.07) is 7.40. The number of halogens is 1. The highest BCUT2D eigenvalue weighted by atomic mass is 79.9. The smallest absolute Gasteiger partial charge is 0.208 e. The normalized spacial score (nSPS) is 10.6. The van der Waals surface area contributed by atoms with E-state index in [-0.39, 0.29) is 5.78 Å². The van der Waals surface area contributed by atoms with Gasteiger partial charge in [0.05, 0.1) is 0 Å². The molecule has 0 radical (unpaired) electrons. The van der Waals surface area contributed by atoms with Crippen molar-refractivity contribution < 1.29 is 4.79 Å². The van der Waals surface area contributed by atoms with E-state index >= 15 is 0 Å². The van der Waals surface area contributed by atoms with Crippen LogP contribution in [0.1, 0.15) is 22.6 Å². The minimum Gasteiger partial charge on any atom is -0.294 e. The summed E-state index contributed by atoms with van der Waals surface area (Å²) in [4.78, 5) is 16.0. The van der Waals surface area contributed by atoms with Gasteiger partial charge in [-0.3, -0.25) is 9.89 Å². The topological polar surface area (TPSA) is 58.6 Å². The van der Waals surface area contributed by atoms with Crippen LogP contribution in [-0.2, 0) is 0 Å². The second-order valence-corrected chi connectivity index (χ2v) is 5.71. The van der Waals surface area contributed by atoms with E-state index in [0.29, 0.717) is 17.3 Å². The minimum absolute atomic E-state index is 0.141. The lowest BCUT2D eigenvalue weighted by Gasteiger charge is -2.00. The molecule has 0 unspecified atom stereocenters. The molecule has 18 heavy (non-hydrogen) atoms. The molecule has 1 aromatic carbocycles.